The van der Waals surface area contributed by atoms with Gasteiger partial charge >= 0.3 is 0 Å². The fourth-order valence-corrected chi connectivity index (χ4v) is 2.33. The van der Waals surface area contributed by atoms with E-state index in [9.17, 15) is 4.79 Å². The number of nitrogens with one attached hydrogen (secondary N) is 1. The largest absolute Gasteiger partial charge is 0.326 e. The van der Waals surface area contributed by atoms with E-state index in [1.807, 2.05) is 31.3 Å². The summed E-state index contributed by atoms with van der Waals surface area (Å²) in [5, 5.41) is 15.8. The molecule has 0 bridgehead atoms. The molecule has 0 saturated heterocycles. The zero-order valence-corrected chi connectivity index (χ0v) is 10.5. The second kappa shape index (κ2) is 4.25. The number of hydrogen-bond donors (Lipinski definition) is 1. The molecule has 0 unspecified atom stereocenters. The third kappa shape index (κ3) is 1.97. The summed E-state index contributed by atoms with van der Waals surface area (Å²) in [6, 6.07) is 9.69. The average Bonchev–Trinajstić information content (AvgIpc) is 2.79. The van der Waals surface area contributed by atoms with Crippen LogP contribution in [0.25, 0.3) is 11.3 Å². The first kappa shape index (κ1) is 11.5. The Morgan fingerprint density at radius 3 is 2.95 bits per heavy atom. The highest BCUT2D eigenvalue weighted by Gasteiger charge is 2.16. The molecule has 5 heteroatoms. The number of aromatic nitrogens is 2. The van der Waals surface area contributed by atoms with Gasteiger partial charge in [-0.3, -0.25) is 9.48 Å². The third-order valence-corrected chi connectivity index (χ3v) is 3.29. The SMILES string of the molecule is Cn1nc(C#N)cc1-c1ccc2c(c1)CCC(=O)N2. The summed E-state index contributed by atoms with van der Waals surface area (Å²) in [5.41, 5.74) is 4.31. The highest BCUT2D eigenvalue weighted by Crippen LogP contribution is 2.28. The molecule has 19 heavy (non-hydrogen) atoms. The van der Waals surface area contributed by atoms with Gasteiger partial charge < -0.3 is 5.32 Å². The molecular weight excluding hydrogens is 240 g/mol. The zero-order valence-electron chi connectivity index (χ0n) is 10.5. The standard InChI is InChI=1S/C14H12N4O/c1-18-13(7-11(8-15)17-18)10-2-4-12-9(6-10)3-5-14(19)16-12/h2,4,6-7H,3,5H2,1H3,(H,16,19). The van der Waals surface area contributed by atoms with E-state index in [0.717, 1.165) is 28.9 Å². The number of fused-ring (bicyclic) bond motifs is 1. The molecule has 3 rings (SSSR count). The fourth-order valence-electron chi connectivity index (χ4n) is 2.33. The van der Waals surface area contributed by atoms with Crippen molar-refractivity contribution < 1.29 is 4.79 Å². The van der Waals surface area contributed by atoms with Gasteiger partial charge in [-0.05, 0) is 24.1 Å². The molecule has 0 radical (unpaired) electrons. The van der Waals surface area contributed by atoms with Gasteiger partial charge in [-0.1, -0.05) is 6.07 Å². The van der Waals surface area contributed by atoms with Gasteiger partial charge in [-0.15, -0.1) is 0 Å². The minimum absolute atomic E-state index is 0.0625. The molecule has 1 aromatic heterocycles. The van der Waals surface area contributed by atoms with E-state index in [1.165, 1.54) is 0 Å². The molecule has 1 aliphatic heterocycles. The van der Waals surface area contributed by atoms with Crippen LogP contribution in [0.1, 0.15) is 17.7 Å². The Balaban J connectivity index is 2.05. The molecule has 94 valence electrons. The lowest BCUT2D eigenvalue weighted by Crippen LogP contribution is -2.18. The van der Waals surface area contributed by atoms with E-state index < -0.39 is 0 Å². The summed E-state index contributed by atoms with van der Waals surface area (Å²) in [6.07, 6.45) is 1.27. The lowest BCUT2D eigenvalue weighted by molar-refractivity contribution is -0.116. The lowest BCUT2D eigenvalue weighted by Gasteiger charge is -2.17. The number of amides is 1. The molecule has 5 nitrogen and oxygen atoms in total. The minimum Gasteiger partial charge on any atom is -0.326 e. The van der Waals surface area contributed by atoms with Crippen LogP contribution in [0.3, 0.4) is 0 Å². The van der Waals surface area contributed by atoms with Gasteiger partial charge in [0.1, 0.15) is 6.07 Å². The van der Waals surface area contributed by atoms with E-state index in [1.54, 1.807) is 10.7 Å². The van der Waals surface area contributed by atoms with Crippen molar-refractivity contribution in [2.75, 3.05) is 5.32 Å². The Morgan fingerprint density at radius 1 is 1.37 bits per heavy atom. The molecule has 0 atom stereocenters. The maximum absolute atomic E-state index is 11.3. The first-order valence-corrected chi connectivity index (χ1v) is 6.04. The van der Waals surface area contributed by atoms with Gasteiger partial charge in [-0.25, -0.2) is 0 Å². The number of carbonyl (C=O) groups is 1. The van der Waals surface area contributed by atoms with Crippen molar-refractivity contribution in [3.8, 4) is 17.3 Å². The van der Waals surface area contributed by atoms with Crippen LogP contribution in [0, 0.1) is 11.3 Å². The molecule has 1 amide bonds. The summed E-state index contributed by atoms with van der Waals surface area (Å²) in [6.45, 7) is 0. The quantitative estimate of drug-likeness (QED) is 0.841. The maximum atomic E-state index is 11.3. The fraction of sp³-hybridized carbons (Fsp3) is 0.214. The maximum Gasteiger partial charge on any atom is 0.224 e. The Hall–Kier alpha value is -2.61. The summed E-state index contributed by atoms with van der Waals surface area (Å²) in [4.78, 5) is 11.3. The summed E-state index contributed by atoms with van der Waals surface area (Å²) in [7, 11) is 1.82. The van der Waals surface area contributed by atoms with Gasteiger partial charge in [0.2, 0.25) is 5.91 Å². The van der Waals surface area contributed by atoms with E-state index in [4.69, 9.17) is 5.26 Å². The predicted octanol–water partition coefficient (Wildman–Crippen LogP) is 1.84. The Bertz CT molecular complexity index is 709. The molecule has 1 aliphatic rings. The van der Waals surface area contributed by atoms with Crippen LogP contribution in [-0.2, 0) is 18.3 Å². The zero-order chi connectivity index (χ0) is 13.4. The molecule has 0 spiro atoms. The molecule has 0 fully saturated rings. The summed E-state index contributed by atoms with van der Waals surface area (Å²) < 4.78 is 1.70. The Morgan fingerprint density at radius 2 is 2.21 bits per heavy atom. The van der Waals surface area contributed by atoms with E-state index in [-0.39, 0.29) is 5.91 Å². The number of nitriles is 1. The van der Waals surface area contributed by atoms with Crippen LogP contribution in [0.2, 0.25) is 0 Å². The molecular formula is C14H12N4O. The van der Waals surface area contributed by atoms with Gasteiger partial charge in [0, 0.05) is 30.8 Å². The van der Waals surface area contributed by atoms with Gasteiger partial charge in [-0.2, -0.15) is 10.4 Å². The van der Waals surface area contributed by atoms with Crippen molar-refractivity contribution in [3.63, 3.8) is 0 Å². The Labute approximate surface area is 110 Å². The number of rotatable bonds is 1. The van der Waals surface area contributed by atoms with Crippen LogP contribution >= 0.6 is 0 Å². The van der Waals surface area contributed by atoms with Crippen LogP contribution in [0.4, 0.5) is 5.69 Å². The van der Waals surface area contributed by atoms with E-state index in [0.29, 0.717) is 12.1 Å². The number of benzene rings is 1. The van der Waals surface area contributed by atoms with Crippen molar-refractivity contribution in [1.29, 1.82) is 5.26 Å². The normalized spacial score (nSPS) is 13.6. The van der Waals surface area contributed by atoms with Crippen molar-refractivity contribution in [1.82, 2.24) is 9.78 Å². The average molecular weight is 252 g/mol. The van der Waals surface area contributed by atoms with Crippen LogP contribution in [0.5, 0.6) is 0 Å². The first-order chi connectivity index (χ1) is 9.17. The van der Waals surface area contributed by atoms with Crippen LogP contribution in [0.15, 0.2) is 24.3 Å². The van der Waals surface area contributed by atoms with Crippen molar-refractivity contribution in [2.24, 2.45) is 7.05 Å². The molecule has 1 aromatic carbocycles. The first-order valence-electron chi connectivity index (χ1n) is 6.04. The number of aryl methyl sites for hydroxylation is 2. The lowest BCUT2D eigenvalue weighted by atomic mass is 9.99. The molecule has 2 heterocycles. The highest BCUT2D eigenvalue weighted by atomic mass is 16.1. The second-order valence-corrected chi connectivity index (χ2v) is 4.57. The van der Waals surface area contributed by atoms with Crippen molar-refractivity contribution in [2.45, 2.75) is 12.8 Å². The second-order valence-electron chi connectivity index (χ2n) is 4.57. The molecule has 0 saturated carbocycles. The number of nitrogens with zero attached hydrogens (tertiary/aromatic N) is 3. The van der Waals surface area contributed by atoms with Crippen LogP contribution in [-0.4, -0.2) is 15.7 Å². The van der Waals surface area contributed by atoms with E-state index in [2.05, 4.69) is 10.4 Å². The van der Waals surface area contributed by atoms with Gasteiger partial charge in [0.05, 0.1) is 5.69 Å². The van der Waals surface area contributed by atoms with E-state index >= 15 is 0 Å². The van der Waals surface area contributed by atoms with Gasteiger partial charge in [0.15, 0.2) is 5.69 Å². The number of hydrogen-bond acceptors (Lipinski definition) is 3. The summed E-state index contributed by atoms with van der Waals surface area (Å²) in [5.74, 6) is 0.0625. The third-order valence-electron chi connectivity index (χ3n) is 3.29. The van der Waals surface area contributed by atoms with Crippen molar-refractivity contribution in [3.05, 3.63) is 35.5 Å². The minimum atomic E-state index is 0.0625. The molecule has 1 N–H and O–H groups in total. The highest BCUT2D eigenvalue weighted by molar-refractivity contribution is 5.94. The topological polar surface area (TPSA) is 70.7 Å². The van der Waals surface area contributed by atoms with Crippen LogP contribution < -0.4 is 5.32 Å². The van der Waals surface area contributed by atoms with Crippen molar-refractivity contribution >= 4 is 11.6 Å². The summed E-state index contributed by atoms with van der Waals surface area (Å²) >= 11 is 0. The molecule has 0 aliphatic carbocycles. The smallest absolute Gasteiger partial charge is 0.224 e. The monoisotopic (exact) mass is 252 g/mol. The number of anilines is 1. The molecule has 2 aromatic rings. The predicted molar refractivity (Wildman–Crippen MR) is 70.3 cm³/mol. The van der Waals surface area contributed by atoms with Gasteiger partial charge in [0.25, 0.3) is 0 Å². The number of carbonyl (C=O) groups excluding carboxylic acids is 1. The Kier molecular flexibility index (Phi) is 2.57.